The normalized spacial score (nSPS) is 20.0. The predicted octanol–water partition coefficient (Wildman–Crippen LogP) is 2.55. The van der Waals surface area contributed by atoms with E-state index < -0.39 is 0 Å². The number of hydrogen-bond donors (Lipinski definition) is 0. The third-order valence-electron chi connectivity index (χ3n) is 3.82. The number of methoxy groups -OCH3 is 1. The number of amides is 1. The number of anilines is 1. The van der Waals surface area contributed by atoms with E-state index in [1.165, 1.54) is 0 Å². The highest BCUT2D eigenvalue weighted by Gasteiger charge is 2.39. The van der Waals surface area contributed by atoms with Gasteiger partial charge in [-0.1, -0.05) is 0 Å². The molecule has 4 nitrogen and oxygen atoms in total. The molecule has 0 N–H and O–H groups in total. The summed E-state index contributed by atoms with van der Waals surface area (Å²) in [5.41, 5.74) is 1.95. The number of fused-ring (bicyclic) bond motifs is 1. The van der Waals surface area contributed by atoms with Gasteiger partial charge >= 0.3 is 0 Å². The average Bonchev–Trinajstić information content (AvgIpc) is 3.23. The summed E-state index contributed by atoms with van der Waals surface area (Å²) in [7, 11) is 1.63. The molecule has 1 amide bonds. The Morgan fingerprint density at radius 3 is 3.00 bits per heavy atom. The molecule has 0 bridgehead atoms. The van der Waals surface area contributed by atoms with Crippen molar-refractivity contribution in [1.29, 1.82) is 0 Å². The minimum Gasteiger partial charge on any atom is -0.371 e. The number of aryl methyl sites for hydroxylation is 1. The van der Waals surface area contributed by atoms with E-state index in [4.69, 9.17) is 4.74 Å². The monoisotopic (exact) mass is 324 g/mol. The van der Waals surface area contributed by atoms with Crippen molar-refractivity contribution >= 4 is 27.5 Å². The average molecular weight is 325 g/mol. The van der Waals surface area contributed by atoms with Crippen LogP contribution in [0.1, 0.15) is 25.0 Å². The van der Waals surface area contributed by atoms with Crippen molar-refractivity contribution in [3.8, 4) is 0 Å². The Morgan fingerprint density at radius 1 is 1.53 bits per heavy atom. The largest absolute Gasteiger partial charge is 0.371 e. The topological polar surface area (TPSA) is 42.4 Å². The Labute approximate surface area is 121 Å². The highest BCUT2D eigenvalue weighted by atomic mass is 79.9. The maximum atomic E-state index is 12.6. The quantitative estimate of drug-likeness (QED) is 0.802. The lowest BCUT2D eigenvalue weighted by molar-refractivity contribution is -0.129. The van der Waals surface area contributed by atoms with Crippen LogP contribution in [-0.4, -0.2) is 30.6 Å². The fourth-order valence-electron chi connectivity index (χ4n) is 2.70. The van der Waals surface area contributed by atoms with Crippen LogP contribution in [0.3, 0.4) is 0 Å². The van der Waals surface area contributed by atoms with E-state index in [0.717, 1.165) is 48.2 Å². The third-order valence-corrected chi connectivity index (χ3v) is 4.26. The zero-order valence-corrected chi connectivity index (χ0v) is 12.5. The second kappa shape index (κ2) is 5.21. The van der Waals surface area contributed by atoms with E-state index in [9.17, 15) is 4.79 Å². The van der Waals surface area contributed by atoms with Crippen molar-refractivity contribution in [2.45, 2.75) is 31.8 Å². The van der Waals surface area contributed by atoms with Crippen LogP contribution in [0.5, 0.6) is 0 Å². The highest BCUT2D eigenvalue weighted by Crippen LogP contribution is 2.36. The van der Waals surface area contributed by atoms with Gasteiger partial charge in [0.2, 0.25) is 0 Å². The molecule has 2 heterocycles. The molecule has 0 saturated heterocycles. The summed E-state index contributed by atoms with van der Waals surface area (Å²) < 4.78 is 6.23. The third kappa shape index (κ3) is 2.54. The van der Waals surface area contributed by atoms with Gasteiger partial charge in [0.25, 0.3) is 5.91 Å². The van der Waals surface area contributed by atoms with Crippen molar-refractivity contribution in [2.24, 2.45) is 5.92 Å². The fraction of sp³-hybridized carbons (Fsp3) is 0.571. The molecular weight excluding hydrogens is 308 g/mol. The lowest BCUT2D eigenvalue weighted by Crippen LogP contribution is -2.44. The first-order valence-electron chi connectivity index (χ1n) is 6.70. The summed E-state index contributed by atoms with van der Waals surface area (Å²) in [6.45, 7) is 0.766. The first-order chi connectivity index (χ1) is 9.20. The first-order valence-corrected chi connectivity index (χ1v) is 7.49. The van der Waals surface area contributed by atoms with Crippen LogP contribution >= 0.6 is 15.9 Å². The Morgan fingerprint density at radius 2 is 2.32 bits per heavy atom. The first kappa shape index (κ1) is 13.1. The molecular formula is C14H17BrN2O2. The van der Waals surface area contributed by atoms with Gasteiger partial charge < -0.3 is 9.64 Å². The minimum absolute atomic E-state index is 0.0927. The number of carbonyl (C=O) groups is 1. The molecule has 0 aromatic carbocycles. The molecule has 1 atom stereocenters. The Balaban J connectivity index is 1.88. The molecule has 0 spiro atoms. The smallest absolute Gasteiger partial charge is 0.256 e. The lowest BCUT2D eigenvalue weighted by Gasteiger charge is -2.31. The summed E-state index contributed by atoms with van der Waals surface area (Å²) >= 11 is 3.38. The number of rotatable bonds is 3. The van der Waals surface area contributed by atoms with Crippen molar-refractivity contribution in [1.82, 2.24) is 4.98 Å². The molecule has 2 aliphatic rings. The SMILES string of the molecule is COC(C(=O)N1CCCc2nc(Br)ccc21)C1CC1. The van der Waals surface area contributed by atoms with Crippen LogP contribution < -0.4 is 4.90 Å². The van der Waals surface area contributed by atoms with Gasteiger partial charge in [0.15, 0.2) is 0 Å². The summed E-state index contributed by atoms with van der Waals surface area (Å²) in [5.74, 6) is 0.501. The van der Waals surface area contributed by atoms with E-state index >= 15 is 0 Å². The highest BCUT2D eigenvalue weighted by molar-refractivity contribution is 9.10. The van der Waals surface area contributed by atoms with Crippen LogP contribution in [0.2, 0.25) is 0 Å². The van der Waals surface area contributed by atoms with Crippen molar-refractivity contribution in [3.63, 3.8) is 0 Å². The number of aromatic nitrogens is 1. The van der Waals surface area contributed by atoms with Crippen LogP contribution in [0.15, 0.2) is 16.7 Å². The van der Waals surface area contributed by atoms with E-state index in [-0.39, 0.29) is 12.0 Å². The molecule has 3 rings (SSSR count). The van der Waals surface area contributed by atoms with Gasteiger partial charge in [-0.05, 0) is 59.7 Å². The van der Waals surface area contributed by atoms with Crippen LogP contribution in [0.25, 0.3) is 0 Å². The minimum atomic E-state index is -0.283. The number of nitrogens with zero attached hydrogens (tertiary/aromatic N) is 2. The second-order valence-corrected chi connectivity index (χ2v) is 6.00. The van der Waals surface area contributed by atoms with E-state index in [2.05, 4.69) is 20.9 Å². The second-order valence-electron chi connectivity index (χ2n) is 5.19. The molecule has 0 radical (unpaired) electrons. The molecule has 1 aromatic heterocycles. The molecule has 5 heteroatoms. The van der Waals surface area contributed by atoms with Crippen molar-refractivity contribution in [3.05, 3.63) is 22.4 Å². The van der Waals surface area contributed by atoms with Gasteiger partial charge in [-0.2, -0.15) is 0 Å². The Bertz CT molecular complexity index is 502. The molecule has 102 valence electrons. The molecule has 1 aliphatic heterocycles. The van der Waals surface area contributed by atoms with Crippen LogP contribution in [-0.2, 0) is 16.0 Å². The van der Waals surface area contributed by atoms with E-state index in [1.807, 2.05) is 17.0 Å². The van der Waals surface area contributed by atoms with Crippen LogP contribution in [0, 0.1) is 5.92 Å². The maximum Gasteiger partial charge on any atom is 0.256 e. The molecule has 19 heavy (non-hydrogen) atoms. The zero-order chi connectivity index (χ0) is 13.4. The van der Waals surface area contributed by atoms with Gasteiger partial charge in [-0.15, -0.1) is 0 Å². The standard InChI is InChI=1S/C14H17BrN2O2/c1-19-13(9-4-5-9)14(18)17-8-2-3-10-11(17)6-7-12(15)16-10/h6-7,9,13H,2-5,8H2,1H3. The fourth-order valence-corrected chi connectivity index (χ4v) is 3.04. The van der Waals surface area contributed by atoms with Crippen molar-refractivity contribution < 1.29 is 9.53 Å². The number of ether oxygens (including phenoxy) is 1. The van der Waals surface area contributed by atoms with Gasteiger partial charge in [0, 0.05) is 13.7 Å². The number of carbonyl (C=O) groups excluding carboxylic acids is 1. The summed E-state index contributed by atoms with van der Waals surface area (Å²) in [5, 5.41) is 0. The molecule has 1 saturated carbocycles. The van der Waals surface area contributed by atoms with Gasteiger partial charge in [-0.25, -0.2) is 4.98 Å². The maximum absolute atomic E-state index is 12.6. The Kier molecular flexibility index (Phi) is 3.58. The van der Waals surface area contributed by atoms with Crippen LogP contribution in [0.4, 0.5) is 5.69 Å². The van der Waals surface area contributed by atoms with Crippen molar-refractivity contribution in [2.75, 3.05) is 18.6 Å². The summed E-state index contributed by atoms with van der Waals surface area (Å²) in [6.07, 6.45) is 3.81. The summed E-state index contributed by atoms with van der Waals surface area (Å²) in [4.78, 5) is 18.9. The van der Waals surface area contributed by atoms with Gasteiger partial charge in [0.05, 0.1) is 11.4 Å². The zero-order valence-electron chi connectivity index (χ0n) is 10.9. The number of pyridine rings is 1. The lowest BCUT2D eigenvalue weighted by atomic mass is 10.1. The molecule has 1 unspecified atom stereocenters. The molecule has 1 aromatic rings. The Hall–Kier alpha value is -0.940. The molecule has 1 fully saturated rings. The van der Waals surface area contributed by atoms with Gasteiger partial charge in [-0.3, -0.25) is 4.79 Å². The van der Waals surface area contributed by atoms with E-state index in [0.29, 0.717) is 5.92 Å². The number of hydrogen-bond acceptors (Lipinski definition) is 3. The number of halogens is 1. The predicted molar refractivity (Wildman–Crippen MR) is 76.1 cm³/mol. The molecule has 1 aliphatic carbocycles. The van der Waals surface area contributed by atoms with Gasteiger partial charge in [0.1, 0.15) is 10.7 Å². The summed E-state index contributed by atoms with van der Waals surface area (Å²) in [6, 6.07) is 3.87. The van der Waals surface area contributed by atoms with E-state index in [1.54, 1.807) is 7.11 Å².